The fraction of sp³-hybridized carbons (Fsp3) is 0.267. The summed E-state index contributed by atoms with van der Waals surface area (Å²) < 4.78 is 0. The third-order valence-corrected chi connectivity index (χ3v) is 3.24. The van der Waals surface area contributed by atoms with E-state index in [1.54, 1.807) is 26.2 Å². The Balaban J connectivity index is 2.08. The first-order chi connectivity index (χ1) is 9.97. The van der Waals surface area contributed by atoms with E-state index in [1.807, 2.05) is 31.2 Å². The Morgan fingerprint density at radius 1 is 1.24 bits per heavy atom. The van der Waals surface area contributed by atoms with Crippen LogP contribution in [0.15, 0.2) is 36.4 Å². The van der Waals surface area contributed by atoms with Gasteiger partial charge in [0.05, 0.1) is 6.04 Å². The summed E-state index contributed by atoms with van der Waals surface area (Å²) in [6.45, 7) is 2.01. The molecule has 1 N–H and O–H groups in total. The lowest BCUT2D eigenvalue weighted by Gasteiger charge is -2.15. The summed E-state index contributed by atoms with van der Waals surface area (Å²) in [5.74, 6) is 0.440. The van der Waals surface area contributed by atoms with Gasteiger partial charge in [0, 0.05) is 19.1 Å². The highest BCUT2D eigenvalue weighted by atomic mass is 35.5. The molecule has 1 unspecified atom stereocenters. The first kappa shape index (κ1) is 15.3. The Kier molecular flexibility index (Phi) is 4.75. The predicted octanol–water partition coefficient (Wildman–Crippen LogP) is 3.00. The van der Waals surface area contributed by atoms with Crippen molar-refractivity contribution in [3.8, 4) is 0 Å². The number of carbonyl (C=O) groups excluding carboxylic acids is 1. The highest BCUT2D eigenvalue weighted by molar-refractivity contribution is 6.30. The highest BCUT2D eigenvalue weighted by Gasteiger charge is 2.11. The molecule has 0 saturated heterocycles. The second-order valence-electron chi connectivity index (χ2n) is 4.92. The average Bonchev–Trinajstić information content (AvgIpc) is 2.47. The SMILES string of the molecule is CC(Nc1ccc(C(=O)N(C)C)nn1)c1cccc(Cl)c1. The van der Waals surface area contributed by atoms with E-state index in [2.05, 4.69) is 15.5 Å². The zero-order chi connectivity index (χ0) is 15.4. The minimum absolute atomic E-state index is 0.0356. The zero-order valence-electron chi connectivity index (χ0n) is 12.2. The summed E-state index contributed by atoms with van der Waals surface area (Å²) >= 11 is 5.98. The minimum atomic E-state index is -0.170. The Morgan fingerprint density at radius 3 is 2.57 bits per heavy atom. The van der Waals surface area contributed by atoms with Crippen molar-refractivity contribution in [2.45, 2.75) is 13.0 Å². The number of benzene rings is 1. The lowest BCUT2D eigenvalue weighted by Crippen LogP contribution is -2.23. The highest BCUT2D eigenvalue weighted by Crippen LogP contribution is 2.20. The van der Waals surface area contributed by atoms with E-state index in [1.165, 1.54) is 4.90 Å². The summed E-state index contributed by atoms with van der Waals surface area (Å²) in [6, 6.07) is 11.1. The van der Waals surface area contributed by atoms with Gasteiger partial charge >= 0.3 is 0 Å². The molecule has 5 nitrogen and oxygen atoms in total. The van der Waals surface area contributed by atoms with Gasteiger partial charge in [-0.25, -0.2) is 0 Å². The Labute approximate surface area is 128 Å². The summed E-state index contributed by atoms with van der Waals surface area (Å²) in [5.41, 5.74) is 1.37. The molecule has 21 heavy (non-hydrogen) atoms. The number of hydrogen-bond donors (Lipinski definition) is 1. The van der Waals surface area contributed by atoms with E-state index < -0.39 is 0 Å². The van der Waals surface area contributed by atoms with Gasteiger partial charge in [-0.2, -0.15) is 0 Å². The molecule has 0 fully saturated rings. The third-order valence-electron chi connectivity index (χ3n) is 3.00. The van der Waals surface area contributed by atoms with Gasteiger partial charge in [-0.3, -0.25) is 4.79 Å². The monoisotopic (exact) mass is 304 g/mol. The molecule has 0 spiro atoms. The molecule has 0 saturated carbocycles. The number of hydrogen-bond acceptors (Lipinski definition) is 4. The first-order valence-electron chi connectivity index (χ1n) is 6.55. The molecule has 0 radical (unpaired) electrons. The van der Waals surface area contributed by atoms with E-state index in [9.17, 15) is 4.79 Å². The molecular formula is C15H17ClN4O. The van der Waals surface area contributed by atoms with E-state index in [0.717, 1.165) is 5.56 Å². The maximum absolute atomic E-state index is 11.7. The summed E-state index contributed by atoms with van der Waals surface area (Å²) in [6.07, 6.45) is 0. The van der Waals surface area contributed by atoms with Crippen molar-refractivity contribution >= 4 is 23.3 Å². The van der Waals surface area contributed by atoms with Crippen molar-refractivity contribution in [2.75, 3.05) is 19.4 Å². The molecule has 6 heteroatoms. The lowest BCUT2D eigenvalue weighted by atomic mass is 10.1. The number of nitrogens with one attached hydrogen (secondary N) is 1. The van der Waals surface area contributed by atoms with E-state index >= 15 is 0 Å². The van der Waals surface area contributed by atoms with Crippen LogP contribution in [0.25, 0.3) is 0 Å². The number of rotatable bonds is 4. The number of nitrogens with zero attached hydrogens (tertiary/aromatic N) is 3. The van der Waals surface area contributed by atoms with E-state index in [4.69, 9.17) is 11.6 Å². The molecule has 1 atom stereocenters. The van der Waals surface area contributed by atoms with Crippen LogP contribution in [0.2, 0.25) is 5.02 Å². The van der Waals surface area contributed by atoms with Gasteiger partial charge in [-0.1, -0.05) is 23.7 Å². The number of anilines is 1. The van der Waals surface area contributed by atoms with E-state index in [0.29, 0.717) is 16.5 Å². The maximum atomic E-state index is 11.7. The maximum Gasteiger partial charge on any atom is 0.273 e. The van der Waals surface area contributed by atoms with Crippen LogP contribution in [0.3, 0.4) is 0 Å². The normalized spacial score (nSPS) is 11.8. The van der Waals surface area contributed by atoms with Crippen LogP contribution in [0.4, 0.5) is 5.82 Å². The molecule has 0 aliphatic rings. The van der Waals surface area contributed by atoms with Crippen molar-refractivity contribution in [3.63, 3.8) is 0 Å². The molecule has 2 aromatic rings. The van der Waals surface area contributed by atoms with Gasteiger partial charge in [0.1, 0.15) is 5.82 Å². The molecule has 2 rings (SSSR count). The largest absolute Gasteiger partial charge is 0.362 e. The van der Waals surface area contributed by atoms with Gasteiger partial charge < -0.3 is 10.2 Å². The van der Waals surface area contributed by atoms with Crippen LogP contribution in [0, 0.1) is 0 Å². The van der Waals surface area contributed by atoms with E-state index in [-0.39, 0.29) is 11.9 Å². The van der Waals surface area contributed by atoms with Gasteiger partial charge in [0.25, 0.3) is 5.91 Å². The van der Waals surface area contributed by atoms with Gasteiger partial charge in [0.15, 0.2) is 5.69 Å². The summed E-state index contributed by atoms with van der Waals surface area (Å²) in [7, 11) is 3.36. The minimum Gasteiger partial charge on any atom is -0.362 e. The Bertz CT molecular complexity index is 628. The molecular weight excluding hydrogens is 288 g/mol. The fourth-order valence-electron chi connectivity index (χ4n) is 1.83. The quantitative estimate of drug-likeness (QED) is 0.943. The second-order valence-corrected chi connectivity index (χ2v) is 5.36. The number of carbonyl (C=O) groups is 1. The molecule has 110 valence electrons. The smallest absolute Gasteiger partial charge is 0.273 e. The van der Waals surface area contributed by atoms with Gasteiger partial charge in [-0.05, 0) is 36.8 Å². The van der Waals surface area contributed by atoms with Crippen molar-refractivity contribution in [1.82, 2.24) is 15.1 Å². The molecule has 0 aliphatic heterocycles. The Hall–Kier alpha value is -2.14. The van der Waals surface area contributed by atoms with Crippen molar-refractivity contribution in [1.29, 1.82) is 0 Å². The van der Waals surface area contributed by atoms with Crippen LogP contribution in [-0.2, 0) is 0 Å². The Morgan fingerprint density at radius 2 is 2.00 bits per heavy atom. The average molecular weight is 305 g/mol. The van der Waals surface area contributed by atoms with Crippen LogP contribution < -0.4 is 5.32 Å². The van der Waals surface area contributed by atoms with Crippen LogP contribution >= 0.6 is 11.6 Å². The van der Waals surface area contributed by atoms with Crippen LogP contribution in [0.1, 0.15) is 29.0 Å². The standard InChI is InChI=1S/C15H17ClN4O/c1-10(11-5-4-6-12(16)9-11)17-14-8-7-13(18-19-14)15(21)20(2)3/h4-10H,1-3H3,(H,17,19). The molecule has 0 bridgehead atoms. The number of aromatic nitrogens is 2. The molecule has 1 aromatic heterocycles. The van der Waals surface area contributed by atoms with Crippen molar-refractivity contribution < 1.29 is 4.79 Å². The topological polar surface area (TPSA) is 58.1 Å². The number of amides is 1. The molecule has 1 amide bonds. The fourth-order valence-corrected chi connectivity index (χ4v) is 2.03. The zero-order valence-corrected chi connectivity index (χ0v) is 12.9. The van der Waals surface area contributed by atoms with Crippen LogP contribution in [-0.4, -0.2) is 35.1 Å². The number of halogens is 1. The summed E-state index contributed by atoms with van der Waals surface area (Å²) in [4.78, 5) is 13.2. The van der Waals surface area contributed by atoms with Crippen molar-refractivity contribution in [2.24, 2.45) is 0 Å². The molecule has 1 aromatic carbocycles. The third kappa shape index (κ3) is 3.92. The van der Waals surface area contributed by atoms with Crippen LogP contribution in [0.5, 0.6) is 0 Å². The van der Waals surface area contributed by atoms with Gasteiger partial charge in [0.2, 0.25) is 0 Å². The molecule has 0 aliphatic carbocycles. The predicted molar refractivity (Wildman–Crippen MR) is 83.5 cm³/mol. The van der Waals surface area contributed by atoms with Crippen molar-refractivity contribution in [3.05, 3.63) is 52.7 Å². The van der Waals surface area contributed by atoms with Gasteiger partial charge in [-0.15, -0.1) is 10.2 Å². The second kappa shape index (κ2) is 6.54. The first-order valence-corrected chi connectivity index (χ1v) is 6.92. The summed E-state index contributed by atoms with van der Waals surface area (Å²) in [5, 5.41) is 11.9. The lowest BCUT2D eigenvalue weighted by molar-refractivity contribution is 0.0821. The molecule has 1 heterocycles.